The lowest BCUT2D eigenvalue weighted by atomic mass is 9.96. The third-order valence-electron chi connectivity index (χ3n) is 5.93. The van der Waals surface area contributed by atoms with Crippen molar-refractivity contribution in [1.29, 1.82) is 0 Å². The van der Waals surface area contributed by atoms with Gasteiger partial charge in [-0.25, -0.2) is 4.98 Å². The zero-order valence-electron chi connectivity index (χ0n) is 19.6. The van der Waals surface area contributed by atoms with Crippen molar-refractivity contribution in [2.45, 2.75) is 52.7 Å². The smallest absolute Gasteiger partial charge is 0.309 e. The fourth-order valence-electron chi connectivity index (χ4n) is 4.14. The minimum atomic E-state index is -0.688. The first-order valence-electron chi connectivity index (χ1n) is 11.7. The van der Waals surface area contributed by atoms with Crippen molar-refractivity contribution in [1.82, 2.24) is 9.88 Å². The molecule has 5 nitrogen and oxygen atoms in total. The number of hydrogen-bond acceptors (Lipinski definition) is 5. The van der Waals surface area contributed by atoms with E-state index in [-0.39, 0.29) is 12.0 Å². The van der Waals surface area contributed by atoms with Crippen molar-refractivity contribution in [2.75, 3.05) is 13.1 Å². The quantitative estimate of drug-likeness (QED) is 0.391. The van der Waals surface area contributed by atoms with Crippen molar-refractivity contribution in [2.24, 2.45) is 5.92 Å². The van der Waals surface area contributed by atoms with Gasteiger partial charge in [0.15, 0.2) is 0 Å². The van der Waals surface area contributed by atoms with E-state index in [9.17, 15) is 4.79 Å². The number of aromatic nitrogens is 1. The molecule has 2 heterocycles. The van der Waals surface area contributed by atoms with Crippen LogP contribution in [0.25, 0.3) is 21.0 Å². The standard InChI is InChI=1S/C27H32N2O3S/c1-4-5-6-21-13-19(15-29-16-22(17-29)27(30)31)7-12-24(21)26-28-14-25(33-26)20-8-10-23(11-9-20)32-18(2)3/h7-14,18,22H,4-6,15-17H2,1-3H3,(H,30,31). The first-order valence-corrected chi connectivity index (χ1v) is 12.5. The van der Waals surface area contributed by atoms with Crippen LogP contribution in [0.1, 0.15) is 44.7 Å². The fraction of sp³-hybridized carbons (Fsp3) is 0.407. The van der Waals surface area contributed by atoms with Gasteiger partial charge in [0, 0.05) is 31.4 Å². The molecule has 2 aromatic carbocycles. The summed E-state index contributed by atoms with van der Waals surface area (Å²) in [5.74, 6) is -0.0247. The molecule has 0 spiro atoms. The summed E-state index contributed by atoms with van der Waals surface area (Å²) in [7, 11) is 0. The van der Waals surface area contributed by atoms with E-state index >= 15 is 0 Å². The number of hydrogen-bond donors (Lipinski definition) is 1. The summed E-state index contributed by atoms with van der Waals surface area (Å²) in [6.07, 6.45) is 5.42. The molecule has 0 radical (unpaired) electrons. The molecule has 1 fully saturated rings. The second-order valence-corrected chi connectivity index (χ2v) is 10.1. The molecule has 0 bridgehead atoms. The second kappa shape index (κ2) is 10.5. The molecular weight excluding hydrogens is 432 g/mol. The van der Waals surface area contributed by atoms with Crippen LogP contribution >= 0.6 is 11.3 Å². The van der Waals surface area contributed by atoms with Crippen LogP contribution in [0, 0.1) is 5.92 Å². The Kier molecular flexibility index (Phi) is 7.46. The minimum Gasteiger partial charge on any atom is -0.491 e. The summed E-state index contributed by atoms with van der Waals surface area (Å²) < 4.78 is 5.76. The van der Waals surface area contributed by atoms with Crippen LogP contribution in [0.2, 0.25) is 0 Å². The van der Waals surface area contributed by atoms with E-state index in [2.05, 4.69) is 42.2 Å². The van der Waals surface area contributed by atoms with E-state index in [1.54, 1.807) is 11.3 Å². The number of aliphatic carboxylic acids is 1. The second-order valence-electron chi connectivity index (χ2n) is 9.04. The average Bonchev–Trinajstić information content (AvgIpc) is 3.24. The Balaban J connectivity index is 1.51. The Morgan fingerprint density at radius 1 is 1.21 bits per heavy atom. The number of carbonyl (C=O) groups is 1. The molecule has 0 amide bonds. The van der Waals surface area contributed by atoms with Crippen molar-refractivity contribution >= 4 is 17.3 Å². The van der Waals surface area contributed by atoms with Gasteiger partial charge in [0.1, 0.15) is 10.8 Å². The largest absolute Gasteiger partial charge is 0.491 e. The van der Waals surface area contributed by atoms with Crippen LogP contribution in [-0.4, -0.2) is 40.2 Å². The normalized spacial score (nSPS) is 14.4. The zero-order valence-corrected chi connectivity index (χ0v) is 20.4. The monoisotopic (exact) mass is 464 g/mol. The molecule has 33 heavy (non-hydrogen) atoms. The summed E-state index contributed by atoms with van der Waals surface area (Å²) in [6, 6.07) is 14.9. The Hall–Kier alpha value is -2.70. The molecule has 0 aliphatic carbocycles. The number of thiazole rings is 1. The van der Waals surface area contributed by atoms with E-state index in [0.29, 0.717) is 13.1 Å². The lowest BCUT2D eigenvalue weighted by Crippen LogP contribution is -2.49. The predicted octanol–water partition coefficient (Wildman–Crippen LogP) is 6.12. The number of unbranched alkanes of at least 4 members (excludes halogenated alkanes) is 1. The molecule has 0 unspecified atom stereocenters. The highest BCUT2D eigenvalue weighted by molar-refractivity contribution is 7.18. The third kappa shape index (κ3) is 5.81. The van der Waals surface area contributed by atoms with Gasteiger partial charge in [0.25, 0.3) is 0 Å². The van der Waals surface area contributed by atoms with Gasteiger partial charge in [-0.3, -0.25) is 9.69 Å². The van der Waals surface area contributed by atoms with Gasteiger partial charge in [0.2, 0.25) is 0 Å². The van der Waals surface area contributed by atoms with E-state index < -0.39 is 5.97 Å². The van der Waals surface area contributed by atoms with Crippen LogP contribution in [0.4, 0.5) is 0 Å². The summed E-state index contributed by atoms with van der Waals surface area (Å²) in [6.45, 7) is 8.35. The van der Waals surface area contributed by atoms with E-state index in [1.807, 2.05) is 32.2 Å². The van der Waals surface area contributed by atoms with Crippen LogP contribution in [0.5, 0.6) is 5.75 Å². The molecule has 0 saturated carbocycles. The van der Waals surface area contributed by atoms with Gasteiger partial charge in [-0.2, -0.15) is 0 Å². The number of likely N-dealkylation sites (tertiary alicyclic amines) is 1. The molecule has 0 atom stereocenters. The van der Waals surface area contributed by atoms with Crippen molar-refractivity contribution < 1.29 is 14.6 Å². The van der Waals surface area contributed by atoms with E-state index in [0.717, 1.165) is 47.0 Å². The molecule has 3 aromatic rings. The topological polar surface area (TPSA) is 62.7 Å². The van der Waals surface area contributed by atoms with Crippen LogP contribution in [-0.2, 0) is 17.8 Å². The molecule has 174 valence electrons. The highest BCUT2D eigenvalue weighted by atomic mass is 32.1. The molecule has 6 heteroatoms. The first-order chi connectivity index (χ1) is 15.9. The van der Waals surface area contributed by atoms with Crippen molar-refractivity contribution in [3.63, 3.8) is 0 Å². The third-order valence-corrected chi connectivity index (χ3v) is 7.01. The average molecular weight is 465 g/mol. The molecular formula is C27H32N2O3S. The minimum absolute atomic E-state index is 0.162. The molecule has 1 aliphatic heterocycles. The zero-order chi connectivity index (χ0) is 23.4. The number of aryl methyl sites for hydroxylation is 1. The first kappa shape index (κ1) is 23.5. The van der Waals surface area contributed by atoms with Gasteiger partial charge in [-0.15, -0.1) is 11.3 Å². The predicted molar refractivity (Wildman–Crippen MR) is 134 cm³/mol. The Morgan fingerprint density at radius 3 is 2.64 bits per heavy atom. The molecule has 1 aliphatic rings. The van der Waals surface area contributed by atoms with Gasteiger partial charge in [0.05, 0.1) is 16.9 Å². The van der Waals surface area contributed by atoms with Gasteiger partial charge < -0.3 is 9.84 Å². The van der Waals surface area contributed by atoms with Crippen LogP contribution < -0.4 is 4.74 Å². The van der Waals surface area contributed by atoms with Gasteiger partial charge >= 0.3 is 5.97 Å². The lowest BCUT2D eigenvalue weighted by Gasteiger charge is -2.36. The molecule has 1 saturated heterocycles. The number of rotatable bonds is 10. The summed E-state index contributed by atoms with van der Waals surface area (Å²) in [4.78, 5) is 19.2. The van der Waals surface area contributed by atoms with E-state index in [1.165, 1.54) is 16.7 Å². The number of carboxylic acid groups (broad SMARTS) is 1. The Bertz CT molecular complexity index is 1090. The highest BCUT2D eigenvalue weighted by Crippen LogP contribution is 2.35. The number of benzene rings is 2. The van der Waals surface area contributed by atoms with Gasteiger partial charge in [-0.05, 0) is 67.6 Å². The van der Waals surface area contributed by atoms with Crippen LogP contribution in [0.15, 0.2) is 48.7 Å². The number of nitrogens with zero attached hydrogens (tertiary/aromatic N) is 2. The summed E-state index contributed by atoms with van der Waals surface area (Å²) in [5.41, 5.74) is 4.92. The fourth-order valence-corrected chi connectivity index (χ4v) is 5.13. The van der Waals surface area contributed by atoms with E-state index in [4.69, 9.17) is 14.8 Å². The number of carboxylic acids is 1. The highest BCUT2D eigenvalue weighted by Gasteiger charge is 2.32. The molecule has 1 N–H and O–H groups in total. The maximum atomic E-state index is 11.1. The van der Waals surface area contributed by atoms with Crippen molar-refractivity contribution in [3.05, 3.63) is 59.8 Å². The van der Waals surface area contributed by atoms with Crippen molar-refractivity contribution in [3.8, 4) is 26.8 Å². The Labute approximate surface area is 200 Å². The summed E-state index contributed by atoms with van der Waals surface area (Å²) >= 11 is 1.72. The maximum absolute atomic E-state index is 11.1. The SMILES string of the molecule is CCCCc1cc(CN2CC(C(=O)O)C2)ccc1-c1ncc(-c2ccc(OC(C)C)cc2)s1. The lowest BCUT2D eigenvalue weighted by molar-refractivity contribution is -0.147. The molecule has 4 rings (SSSR count). The molecule has 1 aromatic heterocycles. The van der Waals surface area contributed by atoms with Crippen LogP contribution in [0.3, 0.4) is 0 Å². The Morgan fingerprint density at radius 2 is 1.97 bits per heavy atom. The maximum Gasteiger partial charge on any atom is 0.309 e. The number of ether oxygens (including phenoxy) is 1. The van der Waals surface area contributed by atoms with Gasteiger partial charge in [-0.1, -0.05) is 31.5 Å². The summed E-state index contributed by atoms with van der Waals surface area (Å²) in [5, 5.41) is 10.2.